The molecule has 1 heterocycles. The summed E-state index contributed by atoms with van der Waals surface area (Å²) in [6, 6.07) is 15.1. The molecule has 0 aliphatic heterocycles. The van der Waals surface area contributed by atoms with Crippen LogP contribution in [0.15, 0.2) is 72.1 Å². The van der Waals surface area contributed by atoms with Crippen LogP contribution in [0.1, 0.15) is 11.1 Å². The van der Waals surface area contributed by atoms with Crippen molar-refractivity contribution < 1.29 is 31.6 Å². The second kappa shape index (κ2) is 10.3. The predicted octanol–water partition coefficient (Wildman–Crippen LogP) is 3.07. The molecule has 3 rings (SSSR count). The Morgan fingerprint density at radius 1 is 1.03 bits per heavy atom. The van der Waals surface area contributed by atoms with Crippen molar-refractivity contribution in [2.75, 3.05) is 14.2 Å². The predicted molar refractivity (Wildman–Crippen MR) is 115 cm³/mol. The molecule has 0 bridgehead atoms. The molecule has 0 aliphatic carbocycles. The Bertz CT molecular complexity index is 1350. The monoisotopic (exact) mass is 467 g/mol. The molecule has 0 fully saturated rings. The molecular weight excluding hydrogens is 450 g/mol. The van der Waals surface area contributed by atoms with Crippen LogP contribution in [-0.4, -0.2) is 38.6 Å². The molecule has 10 nitrogen and oxygen atoms in total. The van der Waals surface area contributed by atoms with Gasteiger partial charge in [-0.25, -0.2) is 14.8 Å². The lowest BCUT2D eigenvalue weighted by atomic mass is 10.1. The summed E-state index contributed by atoms with van der Waals surface area (Å²) in [6.07, 6.45) is 2.26. The zero-order chi connectivity index (χ0) is 23.8. The first-order chi connectivity index (χ1) is 15.9. The highest BCUT2D eigenvalue weighted by Crippen LogP contribution is 2.31. The van der Waals surface area contributed by atoms with Gasteiger partial charge < -0.3 is 18.4 Å². The highest BCUT2D eigenvalue weighted by molar-refractivity contribution is 7.87. The molecule has 3 aromatic rings. The Hall–Kier alpha value is -4.43. The van der Waals surface area contributed by atoms with Crippen molar-refractivity contribution in [2.24, 2.45) is 0 Å². The Balaban J connectivity index is 1.91. The number of esters is 1. The molecule has 0 atom stereocenters. The Labute approximate surface area is 189 Å². The number of rotatable bonds is 8. The van der Waals surface area contributed by atoms with Gasteiger partial charge in [-0.3, -0.25) is 0 Å². The number of nitriles is 1. The zero-order valence-electron chi connectivity index (χ0n) is 17.5. The summed E-state index contributed by atoms with van der Waals surface area (Å²) in [5, 5.41) is 9.16. The van der Waals surface area contributed by atoms with E-state index >= 15 is 0 Å². The maximum atomic E-state index is 12.6. The number of ether oxygens (including phenoxy) is 3. The molecule has 0 saturated heterocycles. The minimum atomic E-state index is -4.34. The van der Waals surface area contributed by atoms with Crippen molar-refractivity contribution in [1.29, 1.82) is 5.26 Å². The number of aromatic nitrogens is 2. The number of nitrogens with zero attached hydrogens (tertiary/aromatic N) is 3. The van der Waals surface area contributed by atoms with Crippen molar-refractivity contribution in [3.8, 4) is 23.6 Å². The van der Waals surface area contributed by atoms with Crippen LogP contribution in [0.5, 0.6) is 17.5 Å². The second-order valence-corrected chi connectivity index (χ2v) is 7.71. The summed E-state index contributed by atoms with van der Waals surface area (Å²) in [7, 11) is -1.73. The average Bonchev–Trinajstić information content (AvgIpc) is 2.82. The summed E-state index contributed by atoms with van der Waals surface area (Å²) < 4.78 is 45.8. The third-order valence-electron chi connectivity index (χ3n) is 4.12. The normalized spacial score (nSPS) is 11.2. The van der Waals surface area contributed by atoms with Crippen LogP contribution in [0.4, 0.5) is 0 Å². The number of carbonyl (C=O) groups is 1. The Morgan fingerprint density at radius 3 is 2.45 bits per heavy atom. The second-order valence-electron chi connectivity index (χ2n) is 6.20. The summed E-state index contributed by atoms with van der Waals surface area (Å²) in [6.45, 7) is 0. The van der Waals surface area contributed by atoms with Gasteiger partial charge in [0.15, 0.2) is 0 Å². The third-order valence-corrected chi connectivity index (χ3v) is 5.41. The SMILES string of the molecule is COC=C(C(=O)OC)c1ccccc1Oc1cc(OS(=O)(=O)c2ccccc2C#N)ncn1. The van der Waals surface area contributed by atoms with E-state index in [1.807, 2.05) is 0 Å². The Kier molecular flexibility index (Phi) is 7.22. The van der Waals surface area contributed by atoms with Crippen LogP contribution in [0.25, 0.3) is 5.57 Å². The highest BCUT2D eigenvalue weighted by atomic mass is 32.2. The topological polar surface area (TPSA) is 138 Å². The summed E-state index contributed by atoms with van der Waals surface area (Å²) >= 11 is 0. The van der Waals surface area contributed by atoms with Crippen molar-refractivity contribution in [1.82, 2.24) is 9.97 Å². The van der Waals surface area contributed by atoms with E-state index in [1.165, 1.54) is 44.7 Å². The van der Waals surface area contributed by atoms with Crippen molar-refractivity contribution in [3.05, 3.63) is 78.3 Å². The first kappa shape index (κ1) is 23.2. The molecule has 0 unspecified atom stereocenters. The van der Waals surface area contributed by atoms with Crippen LogP contribution in [0.3, 0.4) is 0 Å². The highest BCUT2D eigenvalue weighted by Gasteiger charge is 2.22. The van der Waals surface area contributed by atoms with E-state index in [1.54, 1.807) is 30.3 Å². The molecule has 0 aliphatic rings. The van der Waals surface area contributed by atoms with Crippen LogP contribution < -0.4 is 8.92 Å². The van der Waals surface area contributed by atoms with E-state index in [0.29, 0.717) is 5.56 Å². The van der Waals surface area contributed by atoms with Crippen molar-refractivity contribution >= 4 is 21.7 Å². The fourth-order valence-corrected chi connectivity index (χ4v) is 3.73. The number of methoxy groups -OCH3 is 2. The maximum Gasteiger partial charge on any atom is 0.342 e. The van der Waals surface area contributed by atoms with E-state index in [2.05, 4.69) is 9.97 Å². The molecule has 11 heteroatoms. The largest absolute Gasteiger partial charge is 0.503 e. The lowest BCUT2D eigenvalue weighted by Gasteiger charge is -2.12. The first-order valence-electron chi connectivity index (χ1n) is 9.23. The summed E-state index contributed by atoms with van der Waals surface area (Å²) in [5.74, 6) is -0.820. The Morgan fingerprint density at radius 2 is 1.73 bits per heavy atom. The molecule has 1 aromatic heterocycles. The smallest absolute Gasteiger partial charge is 0.342 e. The quantitative estimate of drug-likeness (QED) is 0.210. The third kappa shape index (κ3) is 5.44. The lowest BCUT2D eigenvalue weighted by Crippen LogP contribution is -2.12. The van der Waals surface area contributed by atoms with E-state index in [0.717, 1.165) is 12.4 Å². The molecule has 33 heavy (non-hydrogen) atoms. The van der Waals surface area contributed by atoms with Gasteiger partial charge in [-0.2, -0.15) is 13.7 Å². The van der Waals surface area contributed by atoms with Crippen LogP contribution in [0, 0.1) is 11.3 Å². The lowest BCUT2D eigenvalue weighted by molar-refractivity contribution is -0.133. The molecule has 0 amide bonds. The first-order valence-corrected chi connectivity index (χ1v) is 10.6. The molecule has 168 valence electrons. The van der Waals surface area contributed by atoms with Crippen LogP contribution in [0.2, 0.25) is 0 Å². The molecule has 0 N–H and O–H groups in total. The number of hydrogen-bond acceptors (Lipinski definition) is 10. The maximum absolute atomic E-state index is 12.6. The molecule has 0 saturated carbocycles. The molecule has 2 aromatic carbocycles. The van der Waals surface area contributed by atoms with Gasteiger partial charge in [0.2, 0.25) is 11.8 Å². The number of para-hydroxylation sites is 1. The van der Waals surface area contributed by atoms with Crippen molar-refractivity contribution in [2.45, 2.75) is 4.90 Å². The number of benzene rings is 2. The fourth-order valence-electron chi connectivity index (χ4n) is 2.70. The minimum absolute atomic E-state index is 0.0575. The van der Waals surface area contributed by atoms with E-state index in [9.17, 15) is 13.2 Å². The zero-order valence-corrected chi connectivity index (χ0v) is 18.3. The number of hydrogen-bond donors (Lipinski definition) is 0. The van der Waals surface area contributed by atoms with Gasteiger partial charge in [0, 0.05) is 5.56 Å². The van der Waals surface area contributed by atoms with Gasteiger partial charge in [-0.1, -0.05) is 30.3 Å². The molecule has 0 spiro atoms. The van der Waals surface area contributed by atoms with Gasteiger partial charge in [-0.15, -0.1) is 0 Å². The summed E-state index contributed by atoms with van der Waals surface area (Å²) in [4.78, 5) is 19.6. The average molecular weight is 467 g/mol. The van der Waals surface area contributed by atoms with Gasteiger partial charge in [0.05, 0.1) is 32.1 Å². The summed E-state index contributed by atoms with van der Waals surface area (Å²) in [5.41, 5.74) is 0.372. The fraction of sp³-hybridized carbons (Fsp3) is 0.0909. The molecular formula is C22H17N3O7S. The number of carbonyl (C=O) groups excluding carboxylic acids is 1. The van der Waals surface area contributed by atoms with Gasteiger partial charge >= 0.3 is 16.1 Å². The molecule has 0 radical (unpaired) electrons. The van der Waals surface area contributed by atoms with Crippen molar-refractivity contribution in [3.63, 3.8) is 0 Å². The van der Waals surface area contributed by atoms with Gasteiger partial charge in [-0.05, 0) is 18.2 Å². The van der Waals surface area contributed by atoms with Gasteiger partial charge in [0.1, 0.15) is 28.6 Å². The minimum Gasteiger partial charge on any atom is -0.503 e. The van der Waals surface area contributed by atoms with E-state index in [-0.39, 0.29) is 33.5 Å². The van der Waals surface area contributed by atoms with E-state index in [4.69, 9.17) is 23.7 Å². The van der Waals surface area contributed by atoms with Crippen LogP contribution >= 0.6 is 0 Å². The van der Waals surface area contributed by atoms with Gasteiger partial charge in [0.25, 0.3) is 0 Å². The van der Waals surface area contributed by atoms with Crippen LogP contribution in [-0.2, 0) is 24.4 Å². The van der Waals surface area contributed by atoms with E-state index < -0.39 is 16.1 Å². The standard InChI is InChI=1S/C22H17N3O7S/c1-29-13-17(22(26)30-2)16-8-4-5-9-18(16)31-20-11-21(25-14-24-20)32-33(27,28)19-10-6-3-7-15(19)12-23/h3-11,13-14H,1-2H3.